The summed E-state index contributed by atoms with van der Waals surface area (Å²) in [6.07, 6.45) is 0.149. The summed E-state index contributed by atoms with van der Waals surface area (Å²) in [7, 11) is 1.28. The first-order valence-corrected chi connectivity index (χ1v) is 7.46. The number of carbonyl (C=O) groups is 2. The minimum absolute atomic E-state index is 0.0135. The third kappa shape index (κ3) is 3.59. The largest absolute Gasteiger partial charge is 0.508 e. The number of allylic oxidation sites excluding steroid dienone is 1. The van der Waals surface area contributed by atoms with Crippen molar-refractivity contribution in [1.82, 2.24) is 5.32 Å². The number of nitriles is 1. The normalized spacial score (nSPS) is 17.6. The van der Waals surface area contributed by atoms with Gasteiger partial charge in [0.25, 0.3) is 0 Å². The van der Waals surface area contributed by atoms with Crippen LogP contribution in [0.25, 0.3) is 0 Å². The van der Waals surface area contributed by atoms with Gasteiger partial charge in [0.2, 0.25) is 5.91 Å². The number of phenolic OH excluding ortho intramolecular Hbond substituents is 1. The topological polar surface area (TPSA) is 99.4 Å². The SMILES string of the molecule is COC(=O)CSC1=C(C#N)C(c2ccc(O)cc2)CC(=O)N1. The van der Waals surface area contributed by atoms with Crippen LogP contribution in [-0.2, 0) is 14.3 Å². The lowest BCUT2D eigenvalue weighted by Gasteiger charge is -2.24. The molecule has 114 valence electrons. The summed E-state index contributed by atoms with van der Waals surface area (Å²) in [5, 5.41) is 21.8. The van der Waals surface area contributed by atoms with Crippen LogP contribution < -0.4 is 5.32 Å². The molecule has 0 saturated carbocycles. The zero-order chi connectivity index (χ0) is 16.1. The Labute approximate surface area is 131 Å². The Kier molecular flexibility index (Phi) is 5.07. The highest BCUT2D eigenvalue weighted by molar-refractivity contribution is 8.03. The van der Waals surface area contributed by atoms with Gasteiger partial charge >= 0.3 is 5.97 Å². The van der Waals surface area contributed by atoms with Crippen LogP contribution in [0.5, 0.6) is 5.75 Å². The van der Waals surface area contributed by atoms with Crippen molar-refractivity contribution in [2.75, 3.05) is 12.9 Å². The van der Waals surface area contributed by atoms with E-state index in [1.54, 1.807) is 12.1 Å². The Morgan fingerprint density at radius 1 is 1.50 bits per heavy atom. The Bertz CT molecular complexity index is 661. The summed E-state index contributed by atoms with van der Waals surface area (Å²) >= 11 is 1.07. The molecule has 0 aromatic heterocycles. The quantitative estimate of drug-likeness (QED) is 0.819. The first-order valence-electron chi connectivity index (χ1n) is 6.47. The fourth-order valence-electron chi connectivity index (χ4n) is 2.11. The number of ether oxygens (including phenoxy) is 1. The molecule has 6 nitrogen and oxygen atoms in total. The molecular weight excluding hydrogens is 304 g/mol. The molecule has 1 heterocycles. The monoisotopic (exact) mass is 318 g/mol. The van der Waals surface area contributed by atoms with Crippen LogP contribution in [0.15, 0.2) is 34.9 Å². The van der Waals surface area contributed by atoms with E-state index in [0.29, 0.717) is 10.6 Å². The lowest BCUT2D eigenvalue weighted by Crippen LogP contribution is -2.31. The van der Waals surface area contributed by atoms with E-state index in [1.165, 1.54) is 19.2 Å². The zero-order valence-electron chi connectivity index (χ0n) is 11.8. The predicted octanol–water partition coefficient (Wildman–Crippen LogP) is 1.64. The summed E-state index contributed by atoms with van der Waals surface area (Å²) in [6, 6.07) is 8.49. The minimum atomic E-state index is -0.434. The van der Waals surface area contributed by atoms with Crippen LogP contribution in [0.1, 0.15) is 17.9 Å². The van der Waals surface area contributed by atoms with Crippen LogP contribution in [0.4, 0.5) is 0 Å². The second-order valence-electron chi connectivity index (χ2n) is 4.62. The number of thioether (sulfide) groups is 1. The zero-order valence-corrected chi connectivity index (χ0v) is 12.6. The fraction of sp³-hybridized carbons (Fsp3) is 0.267. The van der Waals surface area contributed by atoms with Crippen molar-refractivity contribution in [3.8, 4) is 11.8 Å². The molecule has 1 aliphatic heterocycles. The number of nitrogens with zero attached hydrogens (tertiary/aromatic N) is 1. The first kappa shape index (κ1) is 15.9. The molecule has 0 fully saturated rings. The number of benzene rings is 1. The Balaban J connectivity index is 2.32. The lowest BCUT2D eigenvalue weighted by atomic mass is 9.87. The average Bonchev–Trinajstić information content (AvgIpc) is 2.52. The van der Waals surface area contributed by atoms with Gasteiger partial charge in [-0.15, -0.1) is 0 Å². The van der Waals surface area contributed by atoms with Crippen molar-refractivity contribution in [2.45, 2.75) is 12.3 Å². The molecular formula is C15H14N2O4S. The molecule has 2 N–H and O–H groups in total. The third-order valence-corrected chi connectivity index (χ3v) is 4.20. The van der Waals surface area contributed by atoms with Crippen molar-refractivity contribution in [3.63, 3.8) is 0 Å². The summed E-state index contributed by atoms with van der Waals surface area (Å²) in [5.74, 6) is -0.911. The average molecular weight is 318 g/mol. The molecule has 2 rings (SSSR count). The second-order valence-corrected chi connectivity index (χ2v) is 5.60. The number of hydrogen-bond acceptors (Lipinski definition) is 6. The van der Waals surface area contributed by atoms with E-state index < -0.39 is 5.97 Å². The molecule has 0 bridgehead atoms. The molecule has 1 aliphatic rings. The van der Waals surface area contributed by atoms with Gasteiger partial charge < -0.3 is 15.2 Å². The Morgan fingerprint density at radius 2 is 2.18 bits per heavy atom. The maximum atomic E-state index is 11.9. The van der Waals surface area contributed by atoms with Gasteiger partial charge in [-0.3, -0.25) is 9.59 Å². The molecule has 1 aromatic rings. The summed E-state index contributed by atoms with van der Waals surface area (Å²) < 4.78 is 4.56. The van der Waals surface area contributed by atoms with E-state index in [0.717, 1.165) is 17.3 Å². The van der Waals surface area contributed by atoms with E-state index in [1.807, 2.05) is 0 Å². The van der Waals surface area contributed by atoms with Crippen LogP contribution in [-0.4, -0.2) is 29.8 Å². The fourth-order valence-corrected chi connectivity index (χ4v) is 3.02. The smallest absolute Gasteiger partial charge is 0.316 e. The maximum Gasteiger partial charge on any atom is 0.316 e. The summed E-state index contributed by atoms with van der Waals surface area (Å²) in [6.45, 7) is 0. The van der Waals surface area contributed by atoms with Gasteiger partial charge in [-0.25, -0.2) is 0 Å². The van der Waals surface area contributed by atoms with Crippen molar-refractivity contribution >= 4 is 23.6 Å². The number of carbonyl (C=O) groups excluding carboxylic acids is 2. The number of phenols is 1. The minimum Gasteiger partial charge on any atom is -0.508 e. The highest BCUT2D eigenvalue weighted by Gasteiger charge is 2.29. The van der Waals surface area contributed by atoms with Gasteiger partial charge in [-0.05, 0) is 17.7 Å². The highest BCUT2D eigenvalue weighted by atomic mass is 32.2. The van der Waals surface area contributed by atoms with Crippen molar-refractivity contribution < 1.29 is 19.4 Å². The van der Waals surface area contributed by atoms with Gasteiger partial charge in [0.15, 0.2) is 0 Å². The van der Waals surface area contributed by atoms with Crippen LogP contribution >= 0.6 is 11.8 Å². The van der Waals surface area contributed by atoms with E-state index in [-0.39, 0.29) is 29.7 Å². The number of hydrogen-bond donors (Lipinski definition) is 2. The molecule has 0 aliphatic carbocycles. The molecule has 1 unspecified atom stereocenters. The van der Waals surface area contributed by atoms with Gasteiger partial charge in [0.05, 0.1) is 29.5 Å². The van der Waals surface area contributed by atoms with Crippen molar-refractivity contribution in [3.05, 3.63) is 40.4 Å². The molecule has 22 heavy (non-hydrogen) atoms. The number of esters is 1. The molecule has 1 aromatic carbocycles. The second kappa shape index (κ2) is 7.00. The highest BCUT2D eigenvalue weighted by Crippen LogP contribution is 2.36. The predicted molar refractivity (Wildman–Crippen MR) is 80.7 cm³/mol. The molecule has 1 atom stereocenters. The molecule has 0 radical (unpaired) electrons. The molecule has 0 spiro atoms. The summed E-state index contributed by atoms with van der Waals surface area (Å²) in [4.78, 5) is 23.1. The number of aromatic hydroxyl groups is 1. The first-order chi connectivity index (χ1) is 10.5. The number of methoxy groups -OCH3 is 1. The number of nitrogens with one attached hydrogen (secondary N) is 1. The van der Waals surface area contributed by atoms with Crippen LogP contribution in [0, 0.1) is 11.3 Å². The van der Waals surface area contributed by atoms with Crippen LogP contribution in [0.2, 0.25) is 0 Å². The molecule has 0 saturated heterocycles. The van der Waals surface area contributed by atoms with E-state index in [4.69, 9.17) is 0 Å². The van der Waals surface area contributed by atoms with E-state index in [9.17, 15) is 20.0 Å². The Morgan fingerprint density at radius 3 is 2.77 bits per heavy atom. The lowest BCUT2D eigenvalue weighted by molar-refractivity contribution is -0.137. The number of rotatable bonds is 4. The van der Waals surface area contributed by atoms with Crippen molar-refractivity contribution in [2.24, 2.45) is 0 Å². The van der Waals surface area contributed by atoms with Gasteiger partial charge in [-0.2, -0.15) is 5.26 Å². The van der Waals surface area contributed by atoms with Gasteiger partial charge in [0.1, 0.15) is 5.75 Å². The Hall–Kier alpha value is -2.46. The summed E-state index contributed by atoms with van der Waals surface area (Å²) in [5.41, 5.74) is 1.17. The standard InChI is InChI=1S/C15H14N2O4S/c1-21-14(20)8-22-15-12(7-16)11(6-13(19)17-15)9-2-4-10(18)5-3-9/h2-5,11,18H,6,8H2,1H3,(H,17,19). The van der Waals surface area contributed by atoms with Gasteiger partial charge in [0, 0.05) is 12.3 Å². The van der Waals surface area contributed by atoms with E-state index in [2.05, 4.69) is 16.1 Å². The van der Waals surface area contributed by atoms with Crippen LogP contribution in [0.3, 0.4) is 0 Å². The van der Waals surface area contributed by atoms with E-state index >= 15 is 0 Å². The van der Waals surface area contributed by atoms with Crippen molar-refractivity contribution in [1.29, 1.82) is 5.26 Å². The third-order valence-electron chi connectivity index (χ3n) is 3.21. The number of amides is 1. The molecule has 1 amide bonds. The maximum absolute atomic E-state index is 11.9. The molecule has 7 heteroatoms. The van der Waals surface area contributed by atoms with Gasteiger partial charge in [-0.1, -0.05) is 23.9 Å².